The van der Waals surface area contributed by atoms with Crippen LogP contribution in [0.3, 0.4) is 0 Å². The van der Waals surface area contributed by atoms with Crippen LogP contribution in [0.5, 0.6) is 5.75 Å². The van der Waals surface area contributed by atoms with E-state index >= 15 is 0 Å². The lowest BCUT2D eigenvalue weighted by Crippen LogP contribution is -2.26. The molecule has 0 aliphatic carbocycles. The van der Waals surface area contributed by atoms with Gasteiger partial charge in [0.2, 0.25) is 0 Å². The predicted molar refractivity (Wildman–Crippen MR) is 91.6 cm³/mol. The summed E-state index contributed by atoms with van der Waals surface area (Å²) in [7, 11) is 1.58. The van der Waals surface area contributed by atoms with Gasteiger partial charge >= 0.3 is 0 Å². The van der Waals surface area contributed by atoms with Crippen LogP contribution < -0.4 is 4.74 Å². The second-order valence-electron chi connectivity index (χ2n) is 5.76. The first-order valence-corrected chi connectivity index (χ1v) is 7.99. The van der Waals surface area contributed by atoms with Crippen LogP contribution in [0, 0.1) is 11.6 Å². The maximum atomic E-state index is 13.7. The van der Waals surface area contributed by atoms with E-state index in [-0.39, 0.29) is 36.5 Å². The van der Waals surface area contributed by atoms with Crippen LogP contribution in [0.4, 0.5) is 8.78 Å². The van der Waals surface area contributed by atoms with Gasteiger partial charge in [-0.3, -0.25) is 4.79 Å². The Hall–Kier alpha value is -3.15. The number of amides is 1. The van der Waals surface area contributed by atoms with Crippen LogP contribution >= 0.6 is 0 Å². The second kappa shape index (κ2) is 7.82. The third kappa shape index (κ3) is 4.27. The summed E-state index contributed by atoms with van der Waals surface area (Å²) in [4.78, 5) is 13.8. The molecule has 0 saturated carbocycles. The predicted octanol–water partition coefficient (Wildman–Crippen LogP) is 4.41. The molecule has 134 valence electrons. The van der Waals surface area contributed by atoms with E-state index in [1.54, 1.807) is 37.4 Å². The van der Waals surface area contributed by atoms with Crippen LogP contribution in [0.1, 0.15) is 21.9 Å². The highest BCUT2D eigenvalue weighted by Gasteiger charge is 2.17. The molecule has 6 heteroatoms. The molecule has 1 heterocycles. The molecule has 2 aromatic carbocycles. The van der Waals surface area contributed by atoms with Gasteiger partial charge in [-0.2, -0.15) is 0 Å². The fourth-order valence-electron chi connectivity index (χ4n) is 2.40. The van der Waals surface area contributed by atoms with Crippen molar-refractivity contribution in [2.75, 3.05) is 7.05 Å². The van der Waals surface area contributed by atoms with Crippen molar-refractivity contribution in [2.24, 2.45) is 0 Å². The van der Waals surface area contributed by atoms with Crippen molar-refractivity contribution >= 4 is 5.91 Å². The fourth-order valence-corrected chi connectivity index (χ4v) is 2.40. The van der Waals surface area contributed by atoms with E-state index < -0.39 is 0 Å². The lowest BCUT2D eigenvalue weighted by molar-refractivity contribution is 0.0748. The number of halogens is 2. The minimum Gasteiger partial charge on any atom is -0.486 e. The lowest BCUT2D eigenvalue weighted by atomic mass is 10.2. The smallest absolute Gasteiger partial charge is 0.289 e. The zero-order valence-electron chi connectivity index (χ0n) is 14.1. The summed E-state index contributed by atoms with van der Waals surface area (Å²) in [5.41, 5.74) is 0.426. The third-order valence-corrected chi connectivity index (χ3v) is 3.78. The van der Waals surface area contributed by atoms with Crippen LogP contribution in [0.15, 0.2) is 65.1 Å². The molecule has 0 saturated heterocycles. The number of rotatable bonds is 6. The van der Waals surface area contributed by atoms with E-state index in [0.717, 1.165) is 0 Å². The van der Waals surface area contributed by atoms with Crippen LogP contribution in [0.25, 0.3) is 0 Å². The number of carbonyl (C=O) groups excluding carboxylic acids is 1. The Bertz CT molecular complexity index is 890. The van der Waals surface area contributed by atoms with Gasteiger partial charge in [-0.1, -0.05) is 18.2 Å². The first-order valence-electron chi connectivity index (χ1n) is 7.99. The van der Waals surface area contributed by atoms with Crippen LogP contribution in [-0.4, -0.2) is 17.9 Å². The average Bonchev–Trinajstić information content (AvgIpc) is 3.11. The summed E-state index contributed by atoms with van der Waals surface area (Å²) >= 11 is 0. The minimum absolute atomic E-state index is 0.107. The zero-order chi connectivity index (χ0) is 18.5. The minimum atomic E-state index is -0.361. The maximum Gasteiger partial charge on any atom is 0.289 e. The molecule has 4 nitrogen and oxygen atoms in total. The van der Waals surface area contributed by atoms with Crippen molar-refractivity contribution in [3.05, 3.63) is 89.4 Å². The van der Waals surface area contributed by atoms with E-state index in [0.29, 0.717) is 17.1 Å². The fraction of sp³-hybridized carbons (Fsp3) is 0.150. The Morgan fingerprint density at radius 1 is 1.04 bits per heavy atom. The quantitative estimate of drug-likeness (QED) is 0.656. The number of hydrogen-bond acceptors (Lipinski definition) is 3. The molecule has 3 aromatic rings. The normalized spacial score (nSPS) is 10.6. The van der Waals surface area contributed by atoms with Crippen molar-refractivity contribution in [3.63, 3.8) is 0 Å². The summed E-state index contributed by atoms with van der Waals surface area (Å²) in [5, 5.41) is 0. The Balaban J connectivity index is 1.60. The van der Waals surface area contributed by atoms with E-state index in [9.17, 15) is 13.6 Å². The van der Waals surface area contributed by atoms with E-state index in [4.69, 9.17) is 9.15 Å². The Morgan fingerprint density at radius 2 is 1.77 bits per heavy atom. The molecule has 0 aliphatic heterocycles. The summed E-state index contributed by atoms with van der Waals surface area (Å²) in [6, 6.07) is 15.1. The summed E-state index contributed by atoms with van der Waals surface area (Å²) in [6.07, 6.45) is 0. The number of ether oxygens (including phenoxy) is 1. The molecular weight excluding hydrogens is 340 g/mol. The van der Waals surface area contributed by atoms with Crippen molar-refractivity contribution in [3.8, 4) is 5.75 Å². The van der Waals surface area contributed by atoms with Gasteiger partial charge in [-0.15, -0.1) is 0 Å². The van der Waals surface area contributed by atoms with E-state index in [2.05, 4.69) is 0 Å². The van der Waals surface area contributed by atoms with Crippen molar-refractivity contribution in [1.29, 1.82) is 0 Å². The van der Waals surface area contributed by atoms with E-state index in [1.165, 1.54) is 35.2 Å². The van der Waals surface area contributed by atoms with Gasteiger partial charge < -0.3 is 14.1 Å². The summed E-state index contributed by atoms with van der Waals surface area (Å²) in [5.74, 6) is 0.0215. The highest BCUT2D eigenvalue weighted by atomic mass is 19.1. The molecule has 0 spiro atoms. The Kier molecular flexibility index (Phi) is 5.31. The van der Waals surface area contributed by atoms with E-state index in [1.807, 2.05) is 0 Å². The third-order valence-electron chi connectivity index (χ3n) is 3.78. The number of hydrogen-bond donors (Lipinski definition) is 0. The van der Waals surface area contributed by atoms with Gasteiger partial charge in [0.1, 0.15) is 29.8 Å². The lowest BCUT2D eigenvalue weighted by Gasteiger charge is -2.16. The monoisotopic (exact) mass is 357 g/mol. The van der Waals surface area contributed by atoms with Gasteiger partial charge in [0, 0.05) is 19.2 Å². The number of carbonyl (C=O) groups is 1. The Labute approximate surface area is 149 Å². The molecule has 0 bridgehead atoms. The van der Waals surface area contributed by atoms with Crippen molar-refractivity contribution in [2.45, 2.75) is 13.2 Å². The van der Waals surface area contributed by atoms with Crippen molar-refractivity contribution in [1.82, 2.24) is 4.90 Å². The SMILES string of the molecule is CN(Cc1ccccc1F)C(=O)c1ccc(COc2ccc(F)cc2)o1. The van der Waals surface area contributed by atoms with Crippen LogP contribution in [-0.2, 0) is 13.2 Å². The molecule has 3 rings (SSSR count). The first kappa shape index (κ1) is 17.7. The highest BCUT2D eigenvalue weighted by Crippen LogP contribution is 2.17. The standard InChI is InChI=1S/C20H17F2NO3/c1-23(12-14-4-2-3-5-18(14)22)20(24)19-11-10-17(26-19)13-25-16-8-6-15(21)7-9-16/h2-11H,12-13H2,1H3. The molecule has 0 N–H and O–H groups in total. The molecule has 0 unspecified atom stereocenters. The topological polar surface area (TPSA) is 42.7 Å². The van der Waals surface area contributed by atoms with Gasteiger partial charge in [-0.05, 0) is 42.5 Å². The second-order valence-corrected chi connectivity index (χ2v) is 5.76. The highest BCUT2D eigenvalue weighted by molar-refractivity contribution is 5.91. The summed E-state index contributed by atoms with van der Waals surface area (Å²) in [6.45, 7) is 0.240. The molecule has 1 amide bonds. The molecule has 1 aromatic heterocycles. The summed E-state index contributed by atoms with van der Waals surface area (Å²) < 4.78 is 37.5. The van der Waals surface area contributed by atoms with Gasteiger partial charge in [0.15, 0.2) is 5.76 Å². The van der Waals surface area contributed by atoms with Crippen molar-refractivity contribution < 1.29 is 22.7 Å². The van der Waals surface area contributed by atoms with Gasteiger partial charge in [-0.25, -0.2) is 8.78 Å². The average molecular weight is 357 g/mol. The molecule has 0 radical (unpaired) electrons. The number of benzene rings is 2. The number of nitrogens with zero attached hydrogens (tertiary/aromatic N) is 1. The molecular formula is C20H17F2NO3. The van der Waals surface area contributed by atoms with Gasteiger partial charge in [0.05, 0.1) is 0 Å². The molecule has 0 atom stereocenters. The van der Waals surface area contributed by atoms with Crippen LogP contribution in [0.2, 0.25) is 0 Å². The molecule has 0 fully saturated rings. The largest absolute Gasteiger partial charge is 0.486 e. The maximum absolute atomic E-state index is 13.7. The molecule has 0 aliphatic rings. The number of furan rings is 1. The zero-order valence-corrected chi connectivity index (χ0v) is 14.1. The Morgan fingerprint density at radius 3 is 2.50 bits per heavy atom. The molecule has 26 heavy (non-hydrogen) atoms. The van der Waals surface area contributed by atoms with Gasteiger partial charge in [0.25, 0.3) is 5.91 Å². The first-order chi connectivity index (χ1) is 12.5.